The van der Waals surface area contributed by atoms with Crippen LogP contribution in [0.25, 0.3) is 12.2 Å². The summed E-state index contributed by atoms with van der Waals surface area (Å²) in [4.78, 5) is 6.65. The molecule has 5 nitrogen and oxygen atoms in total. The largest absolute Gasteiger partial charge is 0.378 e. The molecule has 2 heterocycles. The average Bonchev–Trinajstić information content (AvgIpc) is 2.80. The maximum Gasteiger partial charge on any atom is 0.126 e. The molecule has 5 heteroatoms. The number of pyridine rings is 1. The molecule has 1 unspecified atom stereocenters. The number of benzene rings is 1. The van der Waals surface area contributed by atoms with Crippen LogP contribution in [0.2, 0.25) is 0 Å². The van der Waals surface area contributed by atoms with Crippen molar-refractivity contribution in [3.63, 3.8) is 0 Å². The number of nitrogens with zero attached hydrogens (tertiary/aromatic N) is 3. The molecular formula is C23H32N4O. The number of hydroxylamine groups is 2. The summed E-state index contributed by atoms with van der Waals surface area (Å²) in [5.74, 6) is 0.830. The Morgan fingerprint density at radius 2 is 1.64 bits per heavy atom. The molecule has 0 bridgehead atoms. The lowest BCUT2D eigenvalue weighted by Gasteiger charge is -2.36. The molecule has 1 aliphatic heterocycles. The number of aromatic nitrogens is 1. The standard InChI is InChI=1S/C23H32N4O/c1-22(2)15-20(23(3,4)27(22)28)25-21-14-11-18(16-24-21)8-7-17-9-12-19(13-10-17)26(5)6/h7-14,16,20,28H,15H2,1-6H3,(H,24,25)/b8-7+. The number of hydrogen-bond donors (Lipinski definition) is 2. The molecule has 0 saturated carbocycles. The van der Waals surface area contributed by atoms with E-state index in [2.05, 4.69) is 85.4 Å². The molecule has 0 radical (unpaired) electrons. The first-order chi connectivity index (χ1) is 13.1. The Morgan fingerprint density at radius 1 is 1.04 bits per heavy atom. The molecule has 28 heavy (non-hydrogen) atoms. The highest BCUT2D eigenvalue weighted by Gasteiger charge is 2.51. The van der Waals surface area contributed by atoms with Crippen LogP contribution in [-0.4, -0.2) is 46.5 Å². The van der Waals surface area contributed by atoms with E-state index in [4.69, 9.17) is 0 Å². The molecular weight excluding hydrogens is 348 g/mol. The summed E-state index contributed by atoms with van der Waals surface area (Å²) in [5, 5.41) is 15.4. The van der Waals surface area contributed by atoms with E-state index >= 15 is 0 Å². The van der Waals surface area contributed by atoms with Gasteiger partial charge < -0.3 is 15.4 Å². The Kier molecular flexibility index (Phi) is 5.50. The second-order valence-electron chi connectivity index (χ2n) is 8.98. The Balaban J connectivity index is 1.65. The molecule has 150 valence electrons. The third-order valence-corrected chi connectivity index (χ3v) is 5.66. The van der Waals surface area contributed by atoms with E-state index in [9.17, 15) is 5.21 Å². The monoisotopic (exact) mass is 380 g/mol. The van der Waals surface area contributed by atoms with Crippen molar-refractivity contribution in [2.75, 3.05) is 24.3 Å². The van der Waals surface area contributed by atoms with Crippen molar-refractivity contribution in [1.29, 1.82) is 0 Å². The predicted octanol–water partition coefficient (Wildman–Crippen LogP) is 4.75. The molecule has 1 aromatic carbocycles. The first kappa shape index (κ1) is 20.4. The average molecular weight is 381 g/mol. The summed E-state index contributed by atoms with van der Waals surface area (Å²) in [6, 6.07) is 12.6. The number of nitrogens with one attached hydrogen (secondary N) is 1. The Morgan fingerprint density at radius 3 is 2.14 bits per heavy atom. The van der Waals surface area contributed by atoms with Crippen molar-refractivity contribution in [2.24, 2.45) is 0 Å². The van der Waals surface area contributed by atoms with Crippen LogP contribution in [0, 0.1) is 0 Å². The summed E-state index contributed by atoms with van der Waals surface area (Å²) in [7, 11) is 4.08. The van der Waals surface area contributed by atoms with Gasteiger partial charge in [-0.15, -0.1) is 0 Å². The van der Waals surface area contributed by atoms with E-state index in [1.54, 1.807) is 0 Å². The summed E-state index contributed by atoms with van der Waals surface area (Å²) in [5.41, 5.74) is 2.78. The van der Waals surface area contributed by atoms with E-state index in [-0.39, 0.29) is 17.1 Å². The molecule has 2 aromatic rings. The topological polar surface area (TPSA) is 51.6 Å². The Bertz CT molecular complexity index is 823. The molecule has 1 aliphatic rings. The molecule has 1 fully saturated rings. The number of rotatable bonds is 5. The van der Waals surface area contributed by atoms with E-state index in [0.29, 0.717) is 0 Å². The van der Waals surface area contributed by atoms with Crippen molar-refractivity contribution in [3.05, 3.63) is 53.7 Å². The van der Waals surface area contributed by atoms with Crippen molar-refractivity contribution < 1.29 is 5.21 Å². The van der Waals surface area contributed by atoms with E-state index in [1.165, 1.54) is 10.8 Å². The van der Waals surface area contributed by atoms with Gasteiger partial charge in [0.05, 0.1) is 5.54 Å². The molecule has 1 saturated heterocycles. The van der Waals surface area contributed by atoms with Crippen LogP contribution in [0.5, 0.6) is 0 Å². The molecule has 3 rings (SSSR count). The highest BCUT2D eigenvalue weighted by molar-refractivity contribution is 5.70. The summed E-state index contributed by atoms with van der Waals surface area (Å²) in [6.45, 7) is 8.22. The second-order valence-corrected chi connectivity index (χ2v) is 8.98. The summed E-state index contributed by atoms with van der Waals surface area (Å²) < 4.78 is 0. The first-order valence-corrected chi connectivity index (χ1v) is 9.77. The van der Waals surface area contributed by atoms with Crippen LogP contribution in [0.1, 0.15) is 45.2 Å². The van der Waals surface area contributed by atoms with Crippen molar-refractivity contribution in [3.8, 4) is 0 Å². The minimum absolute atomic E-state index is 0.122. The van der Waals surface area contributed by atoms with Crippen LogP contribution >= 0.6 is 0 Å². The van der Waals surface area contributed by atoms with Gasteiger partial charge >= 0.3 is 0 Å². The zero-order valence-corrected chi connectivity index (χ0v) is 17.8. The third-order valence-electron chi connectivity index (χ3n) is 5.66. The number of anilines is 2. The SMILES string of the molecule is CN(C)c1ccc(/C=C/c2ccc(NC3CC(C)(C)N(O)C3(C)C)nc2)cc1. The Hall–Kier alpha value is -2.37. The molecule has 0 amide bonds. The number of hydrogen-bond acceptors (Lipinski definition) is 5. The maximum atomic E-state index is 10.5. The summed E-state index contributed by atoms with van der Waals surface area (Å²) >= 11 is 0. The van der Waals surface area contributed by atoms with E-state index < -0.39 is 0 Å². The first-order valence-electron chi connectivity index (χ1n) is 9.77. The third kappa shape index (κ3) is 4.21. The zero-order chi connectivity index (χ0) is 20.5. The smallest absolute Gasteiger partial charge is 0.126 e. The van der Waals surface area contributed by atoms with Gasteiger partial charge in [-0.25, -0.2) is 4.98 Å². The van der Waals surface area contributed by atoms with Crippen LogP contribution < -0.4 is 10.2 Å². The van der Waals surface area contributed by atoms with Crippen LogP contribution in [0.3, 0.4) is 0 Å². The van der Waals surface area contributed by atoms with Gasteiger partial charge in [-0.1, -0.05) is 24.3 Å². The van der Waals surface area contributed by atoms with E-state index in [1.807, 2.05) is 26.4 Å². The molecule has 0 aliphatic carbocycles. The highest BCUT2D eigenvalue weighted by atomic mass is 16.5. The van der Waals surface area contributed by atoms with Crippen molar-refractivity contribution >= 4 is 23.7 Å². The van der Waals surface area contributed by atoms with Gasteiger partial charge in [0.25, 0.3) is 0 Å². The lowest BCUT2D eigenvalue weighted by molar-refractivity contribution is -0.192. The van der Waals surface area contributed by atoms with Gasteiger partial charge in [0, 0.05) is 37.6 Å². The van der Waals surface area contributed by atoms with Crippen molar-refractivity contribution in [2.45, 2.75) is 51.2 Å². The predicted molar refractivity (Wildman–Crippen MR) is 118 cm³/mol. The lowest BCUT2D eigenvalue weighted by atomic mass is 9.94. The minimum Gasteiger partial charge on any atom is -0.378 e. The Labute approximate surface area is 168 Å². The van der Waals surface area contributed by atoms with Gasteiger partial charge in [-0.2, -0.15) is 5.06 Å². The highest BCUT2D eigenvalue weighted by Crippen LogP contribution is 2.40. The second kappa shape index (κ2) is 7.57. The summed E-state index contributed by atoms with van der Waals surface area (Å²) in [6.07, 6.45) is 6.88. The fourth-order valence-corrected chi connectivity index (χ4v) is 3.83. The van der Waals surface area contributed by atoms with E-state index in [0.717, 1.165) is 23.4 Å². The maximum absolute atomic E-state index is 10.5. The lowest BCUT2D eigenvalue weighted by Crippen LogP contribution is -2.50. The van der Waals surface area contributed by atoms with Gasteiger partial charge in [-0.05, 0) is 69.5 Å². The zero-order valence-electron chi connectivity index (χ0n) is 17.8. The molecule has 1 aromatic heterocycles. The molecule has 2 N–H and O–H groups in total. The molecule has 0 spiro atoms. The van der Waals surface area contributed by atoms with Gasteiger partial charge in [0.15, 0.2) is 0 Å². The normalized spacial score (nSPS) is 21.2. The van der Waals surface area contributed by atoms with Crippen LogP contribution in [0.4, 0.5) is 11.5 Å². The van der Waals surface area contributed by atoms with Gasteiger partial charge in [0.2, 0.25) is 0 Å². The van der Waals surface area contributed by atoms with Crippen LogP contribution in [-0.2, 0) is 0 Å². The minimum atomic E-state index is -0.359. The van der Waals surface area contributed by atoms with Gasteiger partial charge in [0.1, 0.15) is 5.82 Å². The fraction of sp³-hybridized carbons (Fsp3) is 0.435. The fourth-order valence-electron chi connectivity index (χ4n) is 3.83. The van der Waals surface area contributed by atoms with Gasteiger partial charge in [-0.3, -0.25) is 0 Å². The van der Waals surface area contributed by atoms with Crippen LogP contribution in [0.15, 0.2) is 42.6 Å². The van der Waals surface area contributed by atoms with Crippen molar-refractivity contribution in [1.82, 2.24) is 10.0 Å². The quantitative estimate of drug-likeness (QED) is 0.784. The molecule has 1 atom stereocenters.